The molecule has 0 radical (unpaired) electrons. The molecule has 0 aliphatic rings. The van der Waals surface area contributed by atoms with Crippen LogP contribution in [0.1, 0.15) is 18.3 Å². The van der Waals surface area contributed by atoms with E-state index in [1.807, 2.05) is 6.92 Å². The van der Waals surface area contributed by atoms with Crippen LogP contribution in [-0.2, 0) is 5.54 Å². The van der Waals surface area contributed by atoms with Gasteiger partial charge < -0.3 is 5.73 Å². The Labute approximate surface area is 95.3 Å². The second-order valence-electron chi connectivity index (χ2n) is 4.16. The van der Waals surface area contributed by atoms with Gasteiger partial charge in [0.1, 0.15) is 0 Å². The highest BCUT2D eigenvalue weighted by Gasteiger charge is 2.52. The minimum Gasteiger partial charge on any atom is -0.311 e. The van der Waals surface area contributed by atoms with E-state index in [1.165, 1.54) is 10.6 Å². The first kappa shape index (κ1) is 11.8. The van der Waals surface area contributed by atoms with Gasteiger partial charge in [0.25, 0.3) is 0 Å². The smallest absolute Gasteiger partial charge is 0.311 e. The molecule has 2 aromatic rings. The lowest BCUT2D eigenvalue weighted by molar-refractivity contribution is -0.186. The van der Waals surface area contributed by atoms with Crippen molar-refractivity contribution in [1.29, 1.82) is 0 Å². The number of rotatable bonds is 1. The summed E-state index contributed by atoms with van der Waals surface area (Å²) in [5.41, 5.74) is 4.03. The van der Waals surface area contributed by atoms with Gasteiger partial charge in [-0.25, -0.2) is 0 Å². The predicted octanol–water partition coefficient (Wildman–Crippen LogP) is 1.77. The number of aryl methyl sites for hydroxylation is 1. The molecule has 0 spiro atoms. The van der Waals surface area contributed by atoms with E-state index in [4.69, 9.17) is 5.73 Å². The first-order chi connectivity index (χ1) is 7.73. The molecule has 1 atom stereocenters. The second-order valence-corrected chi connectivity index (χ2v) is 4.16. The highest BCUT2D eigenvalue weighted by Crippen LogP contribution is 2.35. The summed E-state index contributed by atoms with van der Waals surface area (Å²) < 4.78 is 39.6. The standard InChI is InChI=1S/C10H11F3N4/c1-6-3-4-17-7(5-6)15-16-8(17)9(2,14)10(11,12)13/h3-5H,14H2,1-2H3. The van der Waals surface area contributed by atoms with Gasteiger partial charge in [-0.3, -0.25) is 4.40 Å². The van der Waals surface area contributed by atoms with Gasteiger partial charge in [-0.2, -0.15) is 13.2 Å². The highest BCUT2D eigenvalue weighted by atomic mass is 19.4. The summed E-state index contributed by atoms with van der Waals surface area (Å²) in [6, 6.07) is 3.31. The van der Waals surface area contributed by atoms with Crippen LogP contribution in [0.4, 0.5) is 13.2 Å². The summed E-state index contributed by atoms with van der Waals surface area (Å²) in [4.78, 5) is 0. The van der Waals surface area contributed by atoms with Crippen molar-refractivity contribution in [3.8, 4) is 0 Å². The number of aromatic nitrogens is 3. The van der Waals surface area contributed by atoms with Crippen LogP contribution in [0.3, 0.4) is 0 Å². The van der Waals surface area contributed by atoms with Gasteiger partial charge >= 0.3 is 6.18 Å². The predicted molar refractivity (Wildman–Crippen MR) is 55.3 cm³/mol. The molecule has 7 heteroatoms. The zero-order valence-electron chi connectivity index (χ0n) is 9.28. The lowest BCUT2D eigenvalue weighted by Crippen LogP contribution is -2.49. The molecular formula is C10H11F3N4. The molecule has 0 saturated heterocycles. The summed E-state index contributed by atoms with van der Waals surface area (Å²) in [5.74, 6) is -0.319. The number of pyridine rings is 1. The Balaban J connectivity index is 2.65. The van der Waals surface area contributed by atoms with Gasteiger partial charge in [-0.05, 0) is 31.5 Å². The van der Waals surface area contributed by atoms with E-state index < -0.39 is 11.7 Å². The highest BCUT2D eigenvalue weighted by molar-refractivity contribution is 5.41. The molecule has 0 aromatic carbocycles. The summed E-state index contributed by atoms with van der Waals surface area (Å²) >= 11 is 0. The van der Waals surface area contributed by atoms with Crippen LogP contribution < -0.4 is 5.73 Å². The van der Waals surface area contributed by atoms with Crippen LogP contribution in [0.15, 0.2) is 18.3 Å². The third-order valence-electron chi connectivity index (χ3n) is 2.62. The molecule has 4 nitrogen and oxygen atoms in total. The molecule has 0 saturated carbocycles. The molecule has 2 heterocycles. The van der Waals surface area contributed by atoms with E-state index in [2.05, 4.69) is 10.2 Å². The molecule has 0 aliphatic carbocycles. The minimum absolute atomic E-state index is 0.319. The molecular weight excluding hydrogens is 233 g/mol. The van der Waals surface area contributed by atoms with Crippen LogP contribution in [0, 0.1) is 6.92 Å². The zero-order valence-corrected chi connectivity index (χ0v) is 9.28. The Morgan fingerprint density at radius 1 is 1.29 bits per heavy atom. The van der Waals surface area contributed by atoms with Crippen molar-refractivity contribution in [2.75, 3.05) is 0 Å². The van der Waals surface area contributed by atoms with Gasteiger partial charge in [-0.15, -0.1) is 10.2 Å². The number of halogens is 3. The van der Waals surface area contributed by atoms with Crippen molar-refractivity contribution in [3.05, 3.63) is 29.7 Å². The fraction of sp³-hybridized carbons (Fsp3) is 0.400. The fourth-order valence-corrected chi connectivity index (χ4v) is 1.47. The maximum absolute atomic E-state index is 12.8. The number of alkyl halides is 3. The first-order valence-electron chi connectivity index (χ1n) is 4.91. The normalized spacial score (nSPS) is 16.1. The first-order valence-corrected chi connectivity index (χ1v) is 4.91. The van der Waals surface area contributed by atoms with Gasteiger partial charge in [-0.1, -0.05) is 0 Å². The number of hydrogen-bond acceptors (Lipinski definition) is 3. The van der Waals surface area contributed by atoms with Crippen molar-refractivity contribution < 1.29 is 13.2 Å². The maximum Gasteiger partial charge on any atom is 0.413 e. The Morgan fingerprint density at radius 3 is 2.53 bits per heavy atom. The largest absolute Gasteiger partial charge is 0.413 e. The van der Waals surface area contributed by atoms with Crippen LogP contribution in [-0.4, -0.2) is 20.8 Å². The monoisotopic (exact) mass is 244 g/mol. The Bertz CT molecular complexity index is 556. The van der Waals surface area contributed by atoms with Crippen LogP contribution in [0.25, 0.3) is 5.65 Å². The fourth-order valence-electron chi connectivity index (χ4n) is 1.47. The molecule has 2 aromatic heterocycles. The lowest BCUT2D eigenvalue weighted by Gasteiger charge is -2.25. The Morgan fingerprint density at radius 2 is 1.94 bits per heavy atom. The molecule has 0 amide bonds. The van der Waals surface area contributed by atoms with E-state index in [0.717, 1.165) is 12.5 Å². The summed E-state index contributed by atoms with van der Waals surface area (Å²) in [7, 11) is 0. The average molecular weight is 244 g/mol. The van der Waals surface area contributed by atoms with Crippen molar-refractivity contribution in [2.24, 2.45) is 5.73 Å². The van der Waals surface area contributed by atoms with Crippen LogP contribution in [0.2, 0.25) is 0 Å². The summed E-state index contributed by atoms with van der Waals surface area (Å²) in [5, 5.41) is 7.23. The molecule has 0 fully saturated rings. The third-order valence-corrected chi connectivity index (χ3v) is 2.62. The van der Waals surface area contributed by atoms with Crippen molar-refractivity contribution >= 4 is 5.65 Å². The van der Waals surface area contributed by atoms with Gasteiger partial charge in [0.2, 0.25) is 0 Å². The quantitative estimate of drug-likeness (QED) is 0.831. The molecule has 17 heavy (non-hydrogen) atoms. The third kappa shape index (κ3) is 1.76. The van der Waals surface area contributed by atoms with E-state index in [9.17, 15) is 13.2 Å². The number of hydrogen-bond donors (Lipinski definition) is 1. The SMILES string of the molecule is Cc1ccn2c(C(C)(N)C(F)(F)F)nnc2c1. The van der Waals surface area contributed by atoms with E-state index in [1.54, 1.807) is 12.1 Å². The van der Waals surface area contributed by atoms with Crippen molar-refractivity contribution in [3.63, 3.8) is 0 Å². The van der Waals surface area contributed by atoms with E-state index in [-0.39, 0.29) is 5.82 Å². The molecule has 92 valence electrons. The maximum atomic E-state index is 12.8. The van der Waals surface area contributed by atoms with Gasteiger partial charge in [0.15, 0.2) is 17.0 Å². The summed E-state index contributed by atoms with van der Waals surface area (Å²) in [6.07, 6.45) is -3.10. The molecule has 2 N–H and O–H groups in total. The Hall–Kier alpha value is -1.63. The zero-order chi connectivity index (χ0) is 12.8. The molecule has 1 unspecified atom stereocenters. The summed E-state index contributed by atoms with van der Waals surface area (Å²) in [6.45, 7) is 2.70. The lowest BCUT2D eigenvalue weighted by atomic mass is 10.0. The number of fused-ring (bicyclic) bond motifs is 1. The Kier molecular flexibility index (Phi) is 2.39. The van der Waals surface area contributed by atoms with E-state index >= 15 is 0 Å². The van der Waals surface area contributed by atoms with Crippen molar-refractivity contribution in [1.82, 2.24) is 14.6 Å². The number of nitrogens with two attached hydrogens (primary N) is 1. The average Bonchev–Trinajstić information content (AvgIpc) is 2.58. The number of nitrogens with zero attached hydrogens (tertiary/aromatic N) is 3. The van der Waals surface area contributed by atoms with E-state index in [0.29, 0.717) is 5.65 Å². The topological polar surface area (TPSA) is 56.2 Å². The van der Waals surface area contributed by atoms with Crippen LogP contribution in [0.5, 0.6) is 0 Å². The molecule has 0 aliphatic heterocycles. The minimum atomic E-state index is -4.58. The van der Waals surface area contributed by atoms with Gasteiger partial charge in [0.05, 0.1) is 0 Å². The van der Waals surface area contributed by atoms with Crippen LogP contribution >= 0.6 is 0 Å². The molecule has 2 rings (SSSR count). The van der Waals surface area contributed by atoms with Crippen molar-refractivity contribution in [2.45, 2.75) is 25.6 Å². The molecule has 0 bridgehead atoms. The second kappa shape index (κ2) is 3.43. The van der Waals surface area contributed by atoms with Gasteiger partial charge in [0, 0.05) is 6.20 Å².